The third kappa shape index (κ3) is 4.53. The minimum atomic E-state index is 0.594. The lowest BCUT2D eigenvalue weighted by molar-refractivity contribution is 0.623. The summed E-state index contributed by atoms with van der Waals surface area (Å²) in [4.78, 5) is 7.20. The van der Waals surface area contributed by atoms with Gasteiger partial charge in [0.05, 0.1) is 0 Å². The predicted molar refractivity (Wildman–Crippen MR) is 212 cm³/mol. The predicted octanol–water partition coefficient (Wildman–Crippen LogP) is 13.6. The lowest BCUT2D eigenvalue weighted by Crippen LogP contribution is -2.09. The summed E-state index contributed by atoms with van der Waals surface area (Å²) < 4.78 is 19.2. The SMILES string of the molecule is c1ccc(-c2ccc(-c3nc4ccc5ccc(N(c6ccc7c(c6)oc6ccccc67)c6ccc7oc8ccccc8c7c6)cc5c4o3)cc2)cc1. The van der Waals surface area contributed by atoms with Gasteiger partial charge in [0, 0.05) is 55.6 Å². The quantitative estimate of drug-likeness (QED) is 0.183. The van der Waals surface area contributed by atoms with Crippen molar-refractivity contribution in [3.05, 3.63) is 170 Å². The third-order valence-electron chi connectivity index (χ3n) is 10.1. The van der Waals surface area contributed by atoms with Gasteiger partial charge in [-0.2, -0.15) is 0 Å². The van der Waals surface area contributed by atoms with Crippen LogP contribution in [-0.4, -0.2) is 4.98 Å². The minimum absolute atomic E-state index is 0.594. The van der Waals surface area contributed by atoms with Crippen LogP contribution in [0.5, 0.6) is 0 Å². The fourth-order valence-electron chi connectivity index (χ4n) is 7.55. The molecule has 3 aromatic heterocycles. The van der Waals surface area contributed by atoms with Crippen molar-refractivity contribution in [2.24, 2.45) is 0 Å². The zero-order valence-corrected chi connectivity index (χ0v) is 27.8. The smallest absolute Gasteiger partial charge is 0.227 e. The maximum absolute atomic E-state index is 6.59. The van der Waals surface area contributed by atoms with Gasteiger partial charge in [-0.1, -0.05) is 91.0 Å². The average molecular weight is 669 g/mol. The van der Waals surface area contributed by atoms with E-state index in [1.165, 1.54) is 5.56 Å². The number of aromatic nitrogens is 1. The fraction of sp³-hybridized carbons (Fsp3) is 0. The van der Waals surface area contributed by atoms with E-state index in [4.69, 9.17) is 18.2 Å². The first-order chi connectivity index (χ1) is 25.7. The van der Waals surface area contributed by atoms with E-state index < -0.39 is 0 Å². The van der Waals surface area contributed by atoms with Crippen molar-refractivity contribution in [2.75, 3.05) is 4.90 Å². The van der Waals surface area contributed by atoms with Crippen molar-refractivity contribution in [2.45, 2.75) is 0 Å². The summed E-state index contributed by atoms with van der Waals surface area (Å²) in [6.07, 6.45) is 0. The molecule has 0 saturated carbocycles. The fourth-order valence-corrected chi connectivity index (χ4v) is 7.55. The molecule has 0 atom stereocenters. The largest absolute Gasteiger partial charge is 0.456 e. The summed E-state index contributed by atoms with van der Waals surface area (Å²) in [5.41, 5.74) is 11.2. The molecule has 0 aliphatic heterocycles. The Kier molecular flexibility index (Phi) is 6.18. The first-order valence-corrected chi connectivity index (χ1v) is 17.4. The molecule has 0 radical (unpaired) electrons. The molecule has 0 fully saturated rings. The number of para-hydroxylation sites is 2. The normalized spacial score (nSPS) is 11.8. The maximum atomic E-state index is 6.59. The summed E-state index contributed by atoms with van der Waals surface area (Å²) in [6, 6.07) is 58.6. The van der Waals surface area contributed by atoms with Crippen LogP contribution in [0.1, 0.15) is 0 Å². The van der Waals surface area contributed by atoms with Gasteiger partial charge in [0.1, 0.15) is 27.8 Å². The Morgan fingerprint density at radius 2 is 0.923 bits per heavy atom. The Labute approximate surface area is 297 Å². The van der Waals surface area contributed by atoms with Crippen molar-refractivity contribution >= 4 is 82.8 Å². The second-order valence-corrected chi connectivity index (χ2v) is 13.2. The van der Waals surface area contributed by atoms with Crippen LogP contribution in [0.4, 0.5) is 17.1 Å². The molecule has 11 aromatic rings. The Morgan fingerprint density at radius 3 is 1.73 bits per heavy atom. The molecule has 244 valence electrons. The van der Waals surface area contributed by atoms with Crippen LogP contribution in [0.15, 0.2) is 183 Å². The van der Waals surface area contributed by atoms with Crippen LogP contribution < -0.4 is 4.90 Å². The molecule has 0 aliphatic rings. The number of hydrogen-bond donors (Lipinski definition) is 0. The number of anilines is 3. The Hall–Kier alpha value is -7.11. The average Bonchev–Trinajstić information content (AvgIpc) is 3.92. The number of oxazole rings is 1. The summed E-state index contributed by atoms with van der Waals surface area (Å²) in [6.45, 7) is 0. The van der Waals surface area contributed by atoms with E-state index in [-0.39, 0.29) is 0 Å². The lowest BCUT2D eigenvalue weighted by Gasteiger charge is -2.26. The van der Waals surface area contributed by atoms with Crippen LogP contribution in [0.3, 0.4) is 0 Å². The van der Waals surface area contributed by atoms with E-state index in [0.717, 1.165) is 93.9 Å². The van der Waals surface area contributed by atoms with Gasteiger partial charge in [-0.15, -0.1) is 0 Å². The Bertz CT molecular complexity index is 3130. The van der Waals surface area contributed by atoms with Crippen LogP contribution in [0, 0.1) is 0 Å². The molecule has 0 amide bonds. The highest BCUT2D eigenvalue weighted by Crippen LogP contribution is 2.42. The minimum Gasteiger partial charge on any atom is -0.456 e. The highest BCUT2D eigenvalue weighted by Gasteiger charge is 2.19. The van der Waals surface area contributed by atoms with Crippen LogP contribution >= 0.6 is 0 Å². The van der Waals surface area contributed by atoms with Crippen molar-refractivity contribution in [3.8, 4) is 22.6 Å². The first-order valence-electron chi connectivity index (χ1n) is 17.4. The first kappa shape index (κ1) is 28.7. The molecule has 0 saturated heterocycles. The Morgan fingerprint density at radius 1 is 0.365 bits per heavy atom. The molecule has 3 heterocycles. The van der Waals surface area contributed by atoms with Gasteiger partial charge in [-0.25, -0.2) is 4.98 Å². The van der Waals surface area contributed by atoms with Gasteiger partial charge >= 0.3 is 0 Å². The molecule has 5 heteroatoms. The molecule has 5 nitrogen and oxygen atoms in total. The van der Waals surface area contributed by atoms with Gasteiger partial charge in [-0.05, 0) is 89.3 Å². The zero-order valence-electron chi connectivity index (χ0n) is 27.8. The van der Waals surface area contributed by atoms with Gasteiger partial charge in [-0.3, -0.25) is 0 Å². The molecular weight excluding hydrogens is 641 g/mol. The molecule has 8 aromatic carbocycles. The van der Waals surface area contributed by atoms with E-state index in [1.54, 1.807) is 0 Å². The van der Waals surface area contributed by atoms with Crippen LogP contribution in [0.2, 0.25) is 0 Å². The topological polar surface area (TPSA) is 55.6 Å². The maximum Gasteiger partial charge on any atom is 0.227 e. The van der Waals surface area contributed by atoms with E-state index >= 15 is 0 Å². The summed E-state index contributed by atoms with van der Waals surface area (Å²) >= 11 is 0. The number of hydrogen-bond acceptors (Lipinski definition) is 5. The van der Waals surface area contributed by atoms with E-state index in [9.17, 15) is 0 Å². The number of furan rings is 2. The van der Waals surface area contributed by atoms with E-state index in [1.807, 2.05) is 42.5 Å². The van der Waals surface area contributed by atoms with Crippen LogP contribution in [-0.2, 0) is 0 Å². The van der Waals surface area contributed by atoms with Gasteiger partial charge in [0.2, 0.25) is 5.89 Å². The van der Waals surface area contributed by atoms with Crippen molar-refractivity contribution < 1.29 is 13.3 Å². The molecule has 52 heavy (non-hydrogen) atoms. The zero-order chi connectivity index (χ0) is 34.2. The van der Waals surface area contributed by atoms with E-state index in [0.29, 0.717) is 5.89 Å². The summed E-state index contributed by atoms with van der Waals surface area (Å²) in [7, 11) is 0. The molecule has 11 rings (SSSR count). The molecule has 0 bridgehead atoms. The standard InChI is InChI=1S/C47H28N2O3/c1-2-8-29(9-3-1)30-14-16-32(17-15-30)47-48-41-24-19-31-18-20-33(26-39(31)46(41)52-47)49(34-22-25-44-40(27-34)37-11-5-7-13-43(37)50-44)35-21-23-38-36-10-4-6-12-42(36)51-45(38)28-35/h1-28H. The summed E-state index contributed by atoms with van der Waals surface area (Å²) in [5.74, 6) is 0.594. The lowest BCUT2D eigenvalue weighted by atomic mass is 10.0. The molecule has 0 N–H and O–H groups in total. The van der Waals surface area contributed by atoms with Crippen molar-refractivity contribution in [1.82, 2.24) is 4.98 Å². The Balaban J connectivity index is 1.08. The van der Waals surface area contributed by atoms with Crippen LogP contribution in [0.25, 0.3) is 88.3 Å². The van der Waals surface area contributed by atoms with Gasteiger partial charge < -0.3 is 18.2 Å². The molecule has 0 unspecified atom stereocenters. The molecular formula is C47H28N2O3. The molecule has 0 spiro atoms. The molecule has 0 aliphatic carbocycles. The van der Waals surface area contributed by atoms with Gasteiger partial charge in [0.25, 0.3) is 0 Å². The number of nitrogens with zero attached hydrogens (tertiary/aromatic N) is 2. The second-order valence-electron chi connectivity index (χ2n) is 13.2. The van der Waals surface area contributed by atoms with Gasteiger partial charge in [0.15, 0.2) is 5.58 Å². The third-order valence-corrected chi connectivity index (χ3v) is 10.1. The number of rotatable bonds is 5. The number of fused-ring (bicyclic) bond motifs is 9. The van der Waals surface area contributed by atoms with Crippen molar-refractivity contribution in [1.29, 1.82) is 0 Å². The van der Waals surface area contributed by atoms with Crippen molar-refractivity contribution in [3.63, 3.8) is 0 Å². The van der Waals surface area contributed by atoms with E-state index in [2.05, 4.69) is 132 Å². The summed E-state index contributed by atoms with van der Waals surface area (Å²) in [5, 5.41) is 6.39. The highest BCUT2D eigenvalue weighted by atomic mass is 16.3. The number of benzene rings is 8. The highest BCUT2D eigenvalue weighted by molar-refractivity contribution is 6.09. The monoisotopic (exact) mass is 668 g/mol. The second kappa shape index (κ2) is 11.2.